The van der Waals surface area contributed by atoms with Gasteiger partial charge in [0.05, 0.1) is 21.8 Å². The lowest BCUT2D eigenvalue weighted by atomic mass is 9.90. The summed E-state index contributed by atoms with van der Waals surface area (Å²) in [5, 5.41) is 16.6. The van der Waals surface area contributed by atoms with Gasteiger partial charge in [-0.05, 0) is 53.9 Å². The number of phenols is 1. The van der Waals surface area contributed by atoms with Crippen molar-refractivity contribution in [1.29, 1.82) is 0 Å². The Morgan fingerprint density at radius 3 is 2.51 bits per heavy atom. The standard InChI is InChI=1S/C37H27ClN2O3/c1-22-8-5-6-12-26(22)35-27-16-17-32(41)29(37(27)43-34-20-33(42)30(38)19-28(34)35)21-39-31-13-7-11-24-14-15-25(40-36(24)31)18-23-9-3-2-4-10-23/h2-17,19-20,39,41H,18,21H2,1H3. The molecule has 0 saturated carbocycles. The average Bonchev–Trinajstić information content (AvgIpc) is 3.01. The van der Waals surface area contributed by atoms with Crippen LogP contribution in [0.5, 0.6) is 5.75 Å². The van der Waals surface area contributed by atoms with Gasteiger partial charge >= 0.3 is 0 Å². The topological polar surface area (TPSA) is 75.4 Å². The Morgan fingerprint density at radius 1 is 0.860 bits per heavy atom. The molecule has 0 atom stereocenters. The quantitative estimate of drug-likeness (QED) is 0.191. The minimum Gasteiger partial charge on any atom is -0.507 e. The van der Waals surface area contributed by atoms with Crippen molar-refractivity contribution in [2.45, 2.75) is 19.9 Å². The second-order valence-electron chi connectivity index (χ2n) is 10.7. The zero-order valence-corrected chi connectivity index (χ0v) is 24.2. The maximum atomic E-state index is 12.6. The SMILES string of the molecule is Cc1ccccc1-c1c2cc(Cl)c(=O)cc-2oc2c(CNc3cccc4ccc(Cc5ccccc5)nc34)c(O)ccc12. The molecule has 2 N–H and O–H groups in total. The predicted octanol–water partition coefficient (Wildman–Crippen LogP) is 8.98. The molecule has 1 aromatic heterocycles. The van der Waals surface area contributed by atoms with Gasteiger partial charge in [-0.2, -0.15) is 0 Å². The highest BCUT2D eigenvalue weighted by atomic mass is 35.5. The van der Waals surface area contributed by atoms with E-state index in [1.54, 1.807) is 12.1 Å². The van der Waals surface area contributed by atoms with E-state index in [-0.39, 0.29) is 22.7 Å². The molecule has 43 heavy (non-hydrogen) atoms. The molecule has 0 bridgehead atoms. The number of nitrogens with zero attached hydrogens (tertiary/aromatic N) is 1. The van der Waals surface area contributed by atoms with Gasteiger partial charge in [0.1, 0.15) is 17.1 Å². The molecule has 1 aliphatic carbocycles. The number of aromatic hydroxyl groups is 1. The third kappa shape index (κ3) is 4.98. The van der Waals surface area contributed by atoms with Gasteiger partial charge in [0.25, 0.3) is 0 Å². The molecule has 0 amide bonds. The Kier molecular flexibility index (Phi) is 6.80. The molecule has 2 aliphatic rings. The molecule has 210 valence electrons. The number of para-hydroxylation sites is 1. The van der Waals surface area contributed by atoms with E-state index in [9.17, 15) is 9.90 Å². The first-order valence-electron chi connectivity index (χ1n) is 14.1. The van der Waals surface area contributed by atoms with Crippen molar-refractivity contribution >= 4 is 39.2 Å². The van der Waals surface area contributed by atoms with Crippen LogP contribution in [0.25, 0.3) is 44.3 Å². The summed E-state index contributed by atoms with van der Waals surface area (Å²) in [5.41, 5.74) is 8.32. The van der Waals surface area contributed by atoms with E-state index >= 15 is 0 Å². The van der Waals surface area contributed by atoms with E-state index in [0.717, 1.165) is 56.3 Å². The number of hydrogen-bond donors (Lipinski definition) is 2. The van der Waals surface area contributed by atoms with Crippen molar-refractivity contribution in [2.75, 3.05) is 5.32 Å². The van der Waals surface area contributed by atoms with E-state index in [1.807, 2.05) is 73.7 Å². The van der Waals surface area contributed by atoms with Gasteiger partial charge in [0.15, 0.2) is 0 Å². The summed E-state index contributed by atoms with van der Waals surface area (Å²) in [6.07, 6.45) is 0.731. The highest BCUT2D eigenvalue weighted by molar-refractivity contribution is 6.31. The number of halogens is 1. The first-order valence-corrected chi connectivity index (χ1v) is 14.5. The molecular formula is C37H27ClN2O3. The summed E-state index contributed by atoms with van der Waals surface area (Å²) in [4.78, 5) is 17.5. The number of benzene rings is 5. The number of aromatic nitrogens is 1. The lowest BCUT2D eigenvalue weighted by Crippen LogP contribution is -2.05. The normalized spacial score (nSPS) is 11.4. The number of rotatable bonds is 6. The van der Waals surface area contributed by atoms with Gasteiger partial charge < -0.3 is 14.8 Å². The molecule has 2 heterocycles. The minimum atomic E-state index is -0.319. The largest absolute Gasteiger partial charge is 0.507 e. The van der Waals surface area contributed by atoms with Gasteiger partial charge in [0.2, 0.25) is 5.43 Å². The van der Waals surface area contributed by atoms with Gasteiger partial charge in [-0.3, -0.25) is 9.78 Å². The molecule has 0 spiro atoms. The van der Waals surface area contributed by atoms with Crippen molar-refractivity contribution in [2.24, 2.45) is 0 Å². The van der Waals surface area contributed by atoms with Crippen LogP contribution in [-0.2, 0) is 13.0 Å². The van der Waals surface area contributed by atoms with Gasteiger partial charge in [-0.25, -0.2) is 0 Å². The van der Waals surface area contributed by atoms with Crippen LogP contribution in [0, 0.1) is 6.92 Å². The number of phenolic OH excluding ortho intramolecular Hbond substituents is 1. The fraction of sp³-hybridized carbons (Fsp3) is 0.0811. The van der Waals surface area contributed by atoms with Crippen LogP contribution in [0.2, 0.25) is 5.02 Å². The van der Waals surface area contributed by atoms with Crippen molar-refractivity contribution in [1.82, 2.24) is 4.98 Å². The van der Waals surface area contributed by atoms with E-state index in [0.29, 0.717) is 16.9 Å². The Morgan fingerprint density at radius 2 is 1.67 bits per heavy atom. The minimum absolute atomic E-state index is 0.0908. The first-order chi connectivity index (χ1) is 21.0. The molecule has 0 saturated heterocycles. The van der Waals surface area contributed by atoms with Crippen LogP contribution in [0.4, 0.5) is 5.69 Å². The van der Waals surface area contributed by atoms with Crippen LogP contribution >= 0.6 is 11.6 Å². The van der Waals surface area contributed by atoms with Gasteiger partial charge in [-0.15, -0.1) is 0 Å². The van der Waals surface area contributed by atoms with Crippen molar-refractivity contribution in [3.8, 4) is 28.2 Å². The van der Waals surface area contributed by atoms with Crippen LogP contribution in [0.1, 0.15) is 22.4 Å². The number of hydrogen-bond acceptors (Lipinski definition) is 5. The maximum absolute atomic E-state index is 12.6. The number of nitrogens with one attached hydrogen (secondary N) is 1. The predicted molar refractivity (Wildman–Crippen MR) is 174 cm³/mol. The summed E-state index contributed by atoms with van der Waals surface area (Å²) < 4.78 is 6.38. The molecule has 5 nitrogen and oxygen atoms in total. The summed E-state index contributed by atoms with van der Waals surface area (Å²) >= 11 is 6.31. The molecule has 0 unspecified atom stereocenters. The third-order valence-corrected chi connectivity index (χ3v) is 8.19. The second kappa shape index (κ2) is 10.9. The lowest BCUT2D eigenvalue weighted by molar-refractivity contribution is 0.467. The van der Waals surface area contributed by atoms with Crippen molar-refractivity contribution < 1.29 is 9.52 Å². The number of fused-ring (bicyclic) bond motifs is 3. The van der Waals surface area contributed by atoms with E-state index in [2.05, 4.69) is 29.6 Å². The van der Waals surface area contributed by atoms with Crippen molar-refractivity contribution in [3.05, 3.63) is 147 Å². The zero-order valence-electron chi connectivity index (χ0n) is 23.4. The van der Waals surface area contributed by atoms with E-state index in [1.165, 1.54) is 11.6 Å². The average molecular weight is 583 g/mol. The van der Waals surface area contributed by atoms with Crippen LogP contribution in [-0.4, -0.2) is 10.1 Å². The van der Waals surface area contributed by atoms with E-state index < -0.39 is 0 Å². The molecule has 4 aromatic carbocycles. The molecule has 1 aliphatic heterocycles. The zero-order chi connectivity index (χ0) is 29.5. The highest BCUT2D eigenvalue weighted by Gasteiger charge is 2.23. The Hall–Kier alpha value is -5.13. The molecule has 0 fully saturated rings. The highest BCUT2D eigenvalue weighted by Crippen LogP contribution is 2.44. The molecule has 7 rings (SSSR count). The maximum Gasteiger partial charge on any atom is 0.200 e. The molecular weight excluding hydrogens is 556 g/mol. The number of aryl methyl sites for hydroxylation is 1. The van der Waals surface area contributed by atoms with E-state index in [4.69, 9.17) is 21.0 Å². The first kappa shape index (κ1) is 26.7. The van der Waals surface area contributed by atoms with Gasteiger partial charge in [0, 0.05) is 46.6 Å². The van der Waals surface area contributed by atoms with Crippen LogP contribution < -0.4 is 10.7 Å². The second-order valence-corrected chi connectivity index (χ2v) is 11.1. The monoisotopic (exact) mass is 582 g/mol. The molecule has 6 heteroatoms. The molecule has 0 radical (unpaired) electrons. The summed E-state index contributed by atoms with van der Waals surface area (Å²) in [6, 6.07) is 35.1. The fourth-order valence-corrected chi connectivity index (χ4v) is 5.90. The number of pyridine rings is 1. The van der Waals surface area contributed by atoms with Crippen molar-refractivity contribution in [3.63, 3.8) is 0 Å². The van der Waals surface area contributed by atoms with Gasteiger partial charge in [-0.1, -0.05) is 84.4 Å². The Balaban J connectivity index is 1.35. The number of anilines is 1. The summed E-state index contributed by atoms with van der Waals surface area (Å²) in [7, 11) is 0. The smallest absolute Gasteiger partial charge is 0.200 e. The Labute approximate surface area is 253 Å². The summed E-state index contributed by atoms with van der Waals surface area (Å²) in [5.74, 6) is 0.498. The molecule has 5 aromatic rings. The third-order valence-electron chi connectivity index (χ3n) is 7.90. The van der Waals surface area contributed by atoms with Crippen LogP contribution in [0.3, 0.4) is 0 Å². The Bertz CT molecular complexity index is 2170. The lowest BCUT2D eigenvalue weighted by Gasteiger charge is -2.19. The fourth-order valence-electron chi connectivity index (χ4n) is 5.73. The summed E-state index contributed by atoms with van der Waals surface area (Å²) in [6.45, 7) is 2.32. The van der Waals surface area contributed by atoms with Crippen LogP contribution in [0.15, 0.2) is 118 Å².